The van der Waals surface area contributed by atoms with E-state index in [1.165, 1.54) is 0 Å². The van der Waals surface area contributed by atoms with Crippen molar-refractivity contribution in [3.05, 3.63) is 0 Å². The summed E-state index contributed by atoms with van der Waals surface area (Å²) in [4.78, 5) is 11.3. The normalized spacial score (nSPS) is 13.1. The van der Waals surface area contributed by atoms with Crippen LogP contribution in [-0.2, 0) is 9.53 Å². The lowest BCUT2D eigenvalue weighted by molar-refractivity contribution is -0.112. The van der Waals surface area contributed by atoms with Crippen LogP contribution in [0.2, 0.25) is 0 Å². The Morgan fingerprint density at radius 3 is 2.45 bits per heavy atom. The lowest BCUT2D eigenvalue weighted by Gasteiger charge is -2.19. The average molecular weight is 290 g/mol. The number of rotatable bonds is 4. The maximum atomic E-state index is 11.3. The van der Waals surface area contributed by atoms with Gasteiger partial charge in [0.15, 0.2) is 5.12 Å². The van der Waals surface area contributed by atoms with Crippen LogP contribution in [0.1, 0.15) is 13.3 Å². The van der Waals surface area contributed by atoms with Gasteiger partial charge in [0.1, 0.15) is 0 Å². The first kappa shape index (κ1) is 11.7. The van der Waals surface area contributed by atoms with E-state index in [2.05, 4.69) is 21.2 Å². The summed E-state index contributed by atoms with van der Waals surface area (Å²) < 4.78 is 5.09. The predicted octanol–water partition coefficient (Wildman–Crippen LogP) is 2.35. The number of carbonyl (C=O) groups is 1. The van der Waals surface area contributed by atoms with E-state index < -0.39 is 7.20 Å². The molecule has 11 heavy (non-hydrogen) atoms. The molecule has 0 saturated heterocycles. The fourth-order valence-electron chi connectivity index (χ4n) is 0.543. The third-order valence-corrected chi connectivity index (χ3v) is 3.96. The summed E-state index contributed by atoms with van der Waals surface area (Å²) in [6.45, 7) is 3.21. The molecule has 68 valence electrons. The molecule has 0 heterocycles. The number of ether oxygens (including phenoxy) is 1. The van der Waals surface area contributed by atoms with Crippen LogP contribution < -0.4 is 0 Å². The third kappa shape index (κ3) is 5.93. The summed E-state index contributed by atoms with van der Waals surface area (Å²) in [5.41, 5.74) is 0. The van der Waals surface area contributed by atoms with Crippen LogP contribution in [0.5, 0.6) is 0 Å². The van der Waals surface area contributed by atoms with Gasteiger partial charge in [-0.1, -0.05) is 0 Å². The van der Waals surface area contributed by atoms with Crippen molar-refractivity contribution in [2.45, 2.75) is 13.3 Å². The van der Waals surface area contributed by atoms with Gasteiger partial charge in [-0.15, -0.1) is 7.20 Å². The molecule has 0 rings (SSSR count). The molecule has 0 spiro atoms. The zero-order valence-corrected chi connectivity index (χ0v) is 10.2. The highest BCUT2D eigenvalue weighted by Crippen LogP contribution is 2.50. The lowest BCUT2D eigenvalue weighted by atomic mass is 10.5. The monoisotopic (exact) mass is 290 g/mol. The van der Waals surface area contributed by atoms with E-state index in [9.17, 15) is 4.79 Å². The highest BCUT2D eigenvalue weighted by Gasteiger charge is 2.16. The molecule has 0 fully saturated rings. The van der Waals surface area contributed by atoms with Crippen LogP contribution in [0.25, 0.3) is 0 Å². The summed E-state index contributed by atoms with van der Waals surface area (Å²) in [6, 6.07) is 0. The van der Waals surface area contributed by atoms with Gasteiger partial charge in [-0.05, 0) is 40.6 Å². The molecule has 2 nitrogen and oxygen atoms in total. The summed E-state index contributed by atoms with van der Waals surface area (Å²) in [6.07, 6.45) is 4.57. The molecule has 0 aromatic carbocycles. The van der Waals surface area contributed by atoms with Gasteiger partial charge in [-0.25, -0.2) is 0 Å². The molecular weight excluding hydrogens is 275 g/mol. The Hall–Kier alpha value is 0.710. The highest BCUT2D eigenvalue weighted by molar-refractivity contribution is 14.2. The van der Waals surface area contributed by atoms with Gasteiger partial charge >= 0.3 is 0 Å². The Kier molecular flexibility index (Phi) is 5.72. The topological polar surface area (TPSA) is 26.3 Å². The molecule has 0 aliphatic heterocycles. The molecule has 0 aliphatic rings. The van der Waals surface area contributed by atoms with E-state index in [4.69, 9.17) is 4.74 Å². The molecule has 0 aromatic rings. The van der Waals surface area contributed by atoms with Gasteiger partial charge < -0.3 is 4.74 Å². The van der Waals surface area contributed by atoms with Gasteiger partial charge in [0, 0.05) is 13.0 Å². The van der Waals surface area contributed by atoms with Crippen molar-refractivity contribution in [3.63, 3.8) is 0 Å². The zero-order chi connectivity index (χ0) is 8.91. The van der Waals surface area contributed by atoms with Crippen molar-refractivity contribution in [2.24, 2.45) is 0 Å². The van der Waals surface area contributed by atoms with E-state index in [0.717, 1.165) is 0 Å². The van der Waals surface area contributed by atoms with Crippen molar-refractivity contribution >= 4 is 33.5 Å². The van der Waals surface area contributed by atoms with Gasteiger partial charge in [0.25, 0.3) is 0 Å². The minimum Gasteiger partial charge on any atom is -0.381 e. The van der Waals surface area contributed by atoms with E-state index in [1.54, 1.807) is 0 Å². The second kappa shape index (κ2) is 5.37. The summed E-state index contributed by atoms with van der Waals surface area (Å²) >= 11 is 2.23. The van der Waals surface area contributed by atoms with E-state index in [1.807, 2.05) is 19.4 Å². The second-order valence-electron chi connectivity index (χ2n) is 2.52. The van der Waals surface area contributed by atoms with Gasteiger partial charge in [-0.3, -0.25) is 4.79 Å². The van der Waals surface area contributed by atoms with Crippen LogP contribution in [0.4, 0.5) is 0 Å². The molecule has 0 aliphatic carbocycles. The van der Waals surface area contributed by atoms with Crippen LogP contribution in [-0.4, -0.2) is 30.8 Å². The van der Waals surface area contributed by atoms with Crippen molar-refractivity contribution in [3.8, 4) is 0 Å². The molecule has 0 N–H and O–H groups in total. The SMILES string of the molecule is CCOCCC(=O)S(C)(C)I. The Balaban J connectivity index is 3.54. The number of hydrogen-bond acceptors (Lipinski definition) is 2. The molecular formula is C7H15IO2S. The predicted molar refractivity (Wildman–Crippen MR) is 59.6 cm³/mol. The summed E-state index contributed by atoms with van der Waals surface area (Å²) in [5, 5.41) is 0.339. The second-order valence-corrected chi connectivity index (χ2v) is 12.0. The Bertz CT molecular complexity index is 131. The van der Waals surface area contributed by atoms with Crippen LogP contribution in [0, 0.1) is 0 Å². The first-order valence-electron chi connectivity index (χ1n) is 3.52. The molecule has 0 amide bonds. The van der Waals surface area contributed by atoms with Crippen molar-refractivity contribution in [1.29, 1.82) is 0 Å². The molecule has 0 aromatic heterocycles. The van der Waals surface area contributed by atoms with Gasteiger partial charge in [-0.2, -0.15) is 0 Å². The quantitative estimate of drug-likeness (QED) is 0.587. The Morgan fingerprint density at radius 2 is 2.09 bits per heavy atom. The number of halogens is 1. The van der Waals surface area contributed by atoms with Crippen molar-refractivity contribution in [1.82, 2.24) is 0 Å². The smallest absolute Gasteiger partial charge is 0.182 e. The average Bonchev–Trinajstić information content (AvgIpc) is 1.86. The van der Waals surface area contributed by atoms with Crippen LogP contribution in [0.3, 0.4) is 0 Å². The van der Waals surface area contributed by atoms with Gasteiger partial charge in [0.2, 0.25) is 0 Å². The standard InChI is InChI=1S/C7H15IO2S/c1-4-10-6-5-7(9)11(2,3)8/h4-6H2,1-3H3. The maximum absolute atomic E-state index is 11.3. The fraction of sp³-hybridized carbons (Fsp3) is 0.857. The van der Waals surface area contributed by atoms with Crippen LogP contribution >= 0.6 is 28.4 Å². The Labute approximate surface area is 82.0 Å². The highest BCUT2D eigenvalue weighted by atomic mass is 127. The first-order chi connectivity index (χ1) is 4.98. The molecule has 0 saturated carbocycles. The van der Waals surface area contributed by atoms with Crippen molar-refractivity contribution in [2.75, 3.05) is 25.7 Å². The minimum atomic E-state index is -1.03. The number of hydrogen-bond donors (Lipinski definition) is 0. The largest absolute Gasteiger partial charge is 0.381 e. The van der Waals surface area contributed by atoms with Gasteiger partial charge in [0.05, 0.1) is 6.61 Å². The minimum absolute atomic E-state index is 0.339. The summed E-state index contributed by atoms with van der Waals surface area (Å²) in [7, 11) is -1.03. The molecule has 0 atom stereocenters. The van der Waals surface area contributed by atoms with Crippen molar-refractivity contribution < 1.29 is 9.53 Å². The Morgan fingerprint density at radius 1 is 1.55 bits per heavy atom. The zero-order valence-electron chi connectivity index (χ0n) is 7.22. The molecule has 0 bridgehead atoms. The number of carbonyl (C=O) groups excluding carboxylic acids is 1. The maximum Gasteiger partial charge on any atom is 0.182 e. The lowest BCUT2D eigenvalue weighted by Crippen LogP contribution is -2.07. The summed E-state index contributed by atoms with van der Waals surface area (Å²) in [5.74, 6) is 0. The van der Waals surface area contributed by atoms with E-state index in [0.29, 0.717) is 24.7 Å². The fourth-order valence-corrected chi connectivity index (χ4v) is 1.77. The van der Waals surface area contributed by atoms with Crippen LogP contribution in [0.15, 0.2) is 0 Å². The molecule has 0 unspecified atom stereocenters. The van der Waals surface area contributed by atoms with E-state index in [-0.39, 0.29) is 0 Å². The molecule has 4 heteroatoms. The van der Waals surface area contributed by atoms with E-state index >= 15 is 0 Å². The third-order valence-electron chi connectivity index (χ3n) is 1.20. The first-order valence-corrected chi connectivity index (χ1v) is 8.51. The molecule has 0 radical (unpaired) electrons.